The summed E-state index contributed by atoms with van der Waals surface area (Å²) >= 11 is 3.01. The molecule has 0 aliphatic carbocycles. The highest BCUT2D eigenvalue weighted by Gasteiger charge is 2.27. The van der Waals surface area contributed by atoms with Gasteiger partial charge in [-0.3, -0.25) is 19.8 Å². The van der Waals surface area contributed by atoms with Gasteiger partial charge >= 0.3 is 0 Å². The number of aromatic nitrogens is 1. The molecular formula is C22H22N4O2S2. The van der Waals surface area contributed by atoms with Crippen LogP contribution >= 0.6 is 22.7 Å². The zero-order valence-corrected chi connectivity index (χ0v) is 18.1. The first-order chi connectivity index (χ1) is 14.7. The molecule has 0 fully saturated rings. The molecule has 0 atom stereocenters. The van der Waals surface area contributed by atoms with E-state index in [1.54, 1.807) is 6.07 Å². The molecule has 2 aliphatic rings. The van der Waals surface area contributed by atoms with Crippen molar-refractivity contribution < 1.29 is 9.59 Å². The summed E-state index contributed by atoms with van der Waals surface area (Å²) in [5.41, 5.74) is 4.00. The number of carbonyl (C=O) groups excluding carboxylic acids is 2. The average Bonchev–Trinajstić information content (AvgIpc) is 3.42. The molecule has 4 heterocycles. The zero-order chi connectivity index (χ0) is 20.5. The summed E-state index contributed by atoms with van der Waals surface area (Å²) in [5.74, 6) is 0.0271. The molecule has 0 unspecified atom stereocenters. The molecule has 8 heteroatoms. The van der Waals surface area contributed by atoms with Gasteiger partial charge in [0, 0.05) is 42.0 Å². The van der Waals surface area contributed by atoms with Crippen molar-refractivity contribution in [1.82, 2.24) is 9.88 Å². The summed E-state index contributed by atoms with van der Waals surface area (Å²) in [7, 11) is 0. The second-order valence-corrected chi connectivity index (χ2v) is 9.46. The van der Waals surface area contributed by atoms with Crippen LogP contribution in [0.1, 0.15) is 32.9 Å². The van der Waals surface area contributed by atoms with Crippen LogP contribution in [0.3, 0.4) is 0 Å². The van der Waals surface area contributed by atoms with E-state index in [9.17, 15) is 9.59 Å². The number of carbonyl (C=O) groups is 2. The summed E-state index contributed by atoms with van der Waals surface area (Å²) in [5, 5.41) is 7.25. The highest BCUT2D eigenvalue weighted by atomic mass is 32.1. The average molecular weight is 439 g/mol. The largest absolute Gasteiger partial charge is 0.311 e. The van der Waals surface area contributed by atoms with E-state index in [0.29, 0.717) is 23.8 Å². The van der Waals surface area contributed by atoms with Crippen LogP contribution in [0.5, 0.6) is 0 Å². The molecule has 0 bridgehead atoms. The van der Waals surface area contributed by atoms with Crippen LogP contribution < -0.4 is 10.2 Å². The number of aryl methyl sites for hydroxylation is 1. The standard InChI is InChI=1S/C22H22N4O2S2/c27-20(26-9-3-5-15-4-1-2-6-18(15)26)13-25-10-7-17-19(12-25)30-22(23-17)24-21(28)16-8-11-29-14-16/h1-2,4,6,8,11,14H,3,5,7,9-10,12-13H2,(H,23,24,28). The van der Waals surface area contributed by atoms with Gasteiger partial charge in [-0.05, 0) is 35.9 Å². The summed E-state index contributed by atoms with van der Waals surface area (Å²) < 4.78 is 0. The van der Waals surface area contributed by atoms with Crippen molar-refractivity contribution in [2.45, 2.75) is 25.8 Å². The third-order valence-corrected chi connectivity index (χ3v) is 7.27. The lowest BCUT2D eigenvalue weighted by Gasteiger charge is -2.32. The summed E-state index contributed by atoms with van der Waals surface area (Å²) in [6.07, 6.45) is 2.84. The number of anilines is 2. The minimum absolute atomic E-state index is 0.127. The first-order valence-corrected chi connectivity index (χ1v) is 11.9. The number of para-hydroxylation sites is 1. The normalized spacial score (nSPS) is 16.1. The molecule has 2 aliphatic heterocycles. The van der Waals surface area contributed by atoms with Gasteiger partial charge in [-0.15, -0.1) is 11.3 Å². The monoisotopic (exact) mass is 438 g/mol. The van der Waals surface area contributed by atoms with E-state index >= 15 is 0 Å². The molecule has 2 amide bonds. The van der Waals surface area contributed by atoms with Crippen molar-refractivity contribution in [3.63, 3.8) is 0 Å². The van der Waals surface area contributed by atoms with E-state index in [0.717, 1.165) is 48.6 Å². The van der Waals surface area contributed by atoms with Crippen LogP contribution in [0.2, 0.25) is 0 Å². The van der Waals surface area contributed by atoms with Crippen molar-refractivity contribution >= 4 is 45.3 Å². The van der Waals surface area contributed by atoms with Gasteiger partial charge in [0.25, 0.3) is 5.91 Å². The van der Waals surface area contributed by atoms with Gasteiger partial charge in [-0.25, -0.2) is 4.98 Å². The van der Waals surface area contributed by atoms with Gasteiger partial charge in [0.1, 0.15) is 0 Å². The van der Waals surface area contributed by atoms with Crippen LogP contribution in [-0.2, 0) is 24.2 Å². The van der Waals surface area contributed by atoms with Crippen molar-refractivity contribution in [2.75, 3.05) is 29.9 Å². The van der Waals surface area contributed by atoms with Crippen molar-refractivity contribution in [3.8, 4) is 0 Å². The third-order valence-electron chi connectivity index (χ3n) is 5.58. The van der Waals surface area contributed by atoms with E-state index < -0.39 is 0 Å². The van der Waals surface area contributed by atoms with Gasteiger partial charge in [0.2, 0.25) is 5.91 Å². The molecule has 154 valence electrons. The topological polar surface area (TPSA) is 65.5 Å². The molecule has 1 N–H and O–H groups in total. The molecule has 0 radical (unpaired) electrons. The Kier molecular flexibility index (Phi) is 5.37. The maximum absolute atomic E-state index is 13.0. The van der Waals surface area contributed by atoms with E-state index in [1.807, 2.05) is 33.9 Å². The Morgan fingerprint density at radius 1 is 1.13 bits per heavy atom. The minimum Gasteiger partial charge on any atom is -0.311 e. The molecular weight excluding hydrogens is 416 g/mol. The maximum atomic E-state index is 13.0. The lowest BCUT2D eigenvalue weighted by molar-refractivity contribution is -0.120. The molecule has 6 nitrogen and oxygen atoms in total. The molecule has 5 rings (SSSR count). The Labute approximate surface area is 183 Å². The maximum Gasteiger partial charge on any atom is 0.258 e. The van der Waals surface area contributed by atoms with Crippen LogP contribution in [0.25, 0.3) is 0 Å². The molecule has 0 saturated heterocycles. The number of rotatable bonds is 4. The fourth-order valence-electron chi connectivity index (χ4n) is 4.07. The lowest BCUT2D eigenvalue weighted by Crippen LogP contribution is -2.44. The van der Waals surface area contributed by atoms with Crippen molar-refractivity contribution in [2.24, 2.45) is 0 Å². The molecule has 0 saturated carbocycles. The van der Waals surface area contributed by atoms with Crippen LogP contribution in [-0.4, -0.2) is 41.3 Å². The number of benzene rings is 1. The van der Waals surface area contributed by atoms with E-state index in [1.165, 1.54) is 28.2 Å². The summed E-state index contributed by atoms with van der Waals surface area (Å²) in [4.78, 5) is 35.2. The van der Waals surface area contributed by atoms with Crippen molar-refractivity contribution in [1.29, 1.82) is 0 Å². The lowest BCUT2D eigenvalue weighted by atomic mass is 10.0. The number of nitrogens with one attached hydrogen (secondary N) is 1. The van der Waals surface area contributed by atoms with E-state index in [2.05, 4.69) is 21.3 Å². The van der Waals surface area contributed by atoms with Gasteiger partial charge < -0.3 is 4.90 Å². The highest BCUT2D eigenvalue weighted by Crippen LogP contribution is 2.30. The van der Waals surface area contributed by atoms with Crippen LogP contribution in [0.15, 0.2) is 41.1 Å². The SMILES string of the molecule is O=C(Nc1nc2c(s1)CN(CC(=O)N1CCCc3ccccc31)CC2)c1ccsc1. The number of thiophene rings is 1. The van der Waals surface area contributed by atoms with E-state index in [4.69, 9.17) is 0 Å². The molecule has 0 spiro atoms. The van der Waals surface area contributed by atoms with Gasteiger partial charge in [0.15, 0.2) is 5.13 Å². The number of hydrogen-bond acceptors (Lipinski definition) is 6. The first-order valence-electron chi connectivity index (χ1n) is 10.1. The smallest absolute Gasteiger partial charge is 0.258 e. The second kappa shape index (κ2) is 8.29. The molecule has 30 heavy (non-hydrogen) atoms. The van der Waals surface area contributed by atoms with Crippen LogP contribution in [0, 0.1) is 0 Å². The number of amides is 2. The van der Waals surface area contributed by atoms with Crippen LogP contribution in [0.4, 0.5) is 10.8 Å². The Morgan fingerprint density at radius 2 is 2.03 bits per heavy atom. The Hall–Kier alpha value is -2.55. The highest BCUT2D eigenvalue weighted by molar-refractivity contribution is 7.16. The van der Waals surface area contributed by atoms with Gasteiger partial charge in [-0.2, -0.15) is 11.3 Å². The third kappa shape index (κ3) is 3.90. The van der Waals surface area contributed by atoms with E-state index in [-0.39, 0.29) is 11.8 Å². The fraction of sp³-hybridized carbons (Fsp3) is 0.318. The summed E-state index contributed by atoms with van der Waals surface area (Å²) in [6.45, 7) is 2.69. The summed E-state index contributed by atoms with van der Waals surface area (Å²) in [6, 6.07) is 10.0. The minimum atomic E-state index is -0.127. The first kappa shape index (κ1) is 19.4. The van der Waals surface area contributed by atoms with Gasteiger partial charge in [0.05, 0.1) is 17.8 Å². The second-order valence-electron chi connectivity index (χ2n) is 7.59. The number of thiazole rings is 1. The Morgan fingerprint density at radius 3 is 2.90 bits per heavy atom. The molecule has 1 aromatic carbocycles. The number of nitrogens with zero attached hydrogens (tertiary/aromatic N) is 3. The number of fused-ring (bicyclic) bond motifs is 2. The predicted octanol–water partition coefficient (Wildman–Crippen LogP) is 3.79. The zero-order valence-electron chi connectivity index (χ0n) is 16.5. The Bertz CT molecular complexity index is 1080. The fourth-order valence-corrected chi connectivity index (χ4v) is 5.75. The predicted molar refractivity (Wildman–Crippen MR) is 120 cm³/mol. The quantitative estimate of drug-likeness (QED) is 0.673. The Balaban J connectivity index is 1.24. The van der Waals surface area contributed by atoms with Gasteiger partial charge in [-0.1, -0.05) is 18.2 Å². The molecule has 3 aromatic rings. The number of hydrogen-bond donors (Lipinski definition) is 1. The molecule has 2 aromatic heterocycles. The van der Waals surface area contributed by atoms with Crippen molar-refractivity contribution in [3.05, 3.63) is 62.8 Å².